The molecule has 3 amide bonds. The van der Waals surface area contributed by atoms with Crippen LogP contribution in [0.2, 0.25) is 5.02 Å². The molecule has 1 unspecified atom stereocenters. The molecule has 3 aliphatic rings. The first kappa shape index (κ1) is 26.6. The van der Waals surface area contributed by atoms with Gasteiger partial charge >= 0.3 is 0 Å². The van der Waals surface area contributed by atoms with Crippen LogP contribution in [0.1, 0.15) is 60.1 Å². The van der Waals surface area contributed by atoms with Crippen molar-refractivity contribution in [3.05, 3.63) is 69.7 Å². The van der Waals surface area contributed by atoms with Gasteiger partial charge in [0.15, 0.2) is 0 Å². The summed E-state index contributed by atoms with van der Waals surface area (Å²) in [6, 6.07) is 7.15. The van der Waals surface area contributed by atoms with Crippen molar-refractivity contribution < 1.29 is 27.9 Å². The highest BCUT2D eigenvalue weighted by atomic mass is 35.5. The van der Waals surface area contributed by atoms with Crippen molar-refractivity contribution in [2.75, 3.05) is 19.8 Å². The molecule has 1 saturated carbocycles. The van der Waals surface area contributed by atoms with Gasteiger partial charge in [-0.15, -0.1) is 0 Å². The number of benzene rings is 2. The highest BCUT2D eigenvalue weighted by Crippen LogP contribution is 2.48. The monoisotopic (exact) mass is 545 g/mol. The number of carbonyl (C=O) groups is 3. The molecule has 2 aromatic carbocycles. The number of rotatable bonds is 8. The molecule has 2 saturated heterocycles. The molecule has 5 rings (SSSR count). The van der Waals surface area contributed by atoms with Gasteiger partial charge < -0.3 is 20.7 Å². The summed E-state index contributed by atoms with van der Waals surface area (Å²) < 4.78 is 34.3. The predicted octanol–water partition coefficient (Wildman–Crippen LogP) is 3.88. The van der Waals surface area contributed by atoms with Gasteiger partial charge in [-0.2, -0.15) is 0 Å². The summed E-state index contributed by atoms with van der Waals surface area (Å²) in [7, 11) is 0. The van der Waals surface area contributed by atoms with Gasteiger partial charge in [0.05, 0.1) is 29.7 Å². The van der Waals surface area contributed by atoms with Gasteiger partial charge in [0.1, 0.15) is 17.7 Å². The third-order valence-electron chi connectivity index (χ3n) is 8.22. The molecule has 0 radical (unpaired) electrons. The summed E-state index contributed by atoms with van der Waals surface area (Å²) in [6.45, 7) is 2.96. The highest BCUT2D eigenvalue weighted by Gasteiger charge is 2.50. The molecule has 0 aromatic heterocycles. The van der Waals surface area contributed by atoms with Gasteiger partial charge in [0, 0.05) is 23.6 Å². The first-order valence-electron chi connectivity index (χ1n) is 12.9. The van der Waals surface area contributed by atoms with Crippen molar-refractivity contribution in [2.24, 2.45) is 17.6 Å². The molecule has 3 fully saturated rings. The summed E-state index contributed by atoms with van der Waals surface area (Å²) in [5.41, 5.74) is 5.95. The molecule has 3 atom stereocenters. The zero-order chi connectivity index (χ0) is 27.2. The number of primary amides is 1. The van der Waals surface area contributed by atoms with Gasteiger partial charge in [-0.25, -0.2) is 8.78 Å². The lowest BCUT2D eigenvalue weighted by atomic mass is 9.90. The normalized spacial score (nSPS) is 23.0. The van der Waals surface area contributed by atoms with Gasteiger partial charge in [0.2, 0.25) is 11.8 Å². The van der Waals surface area contributed by atoms with Crippen molar-refractivity contribution in [3.8, 4) is 0 Å². The SMILES string of the molecule is CC[C@@H]1C[C@H](C(=O)NC(c2cc(F)c(Cl)cc2F)C2COC2)N(C(=O)c2cccc(C3(C(N)=O)CC3)c2)C1. The fraction of sp³-hybridized carbons (Fsp3) is 0.464. The Labute approximate surface area is 224 Å². The Hall–Kier alpha value is -3.04. The lowest BCUT2D eigenvalue weighted by Gasteiger charge is -2.36. The van der Waals surface area contributed by atoms with E-state index < -0.39 is 40.9 Å². The Morgan fingerprint density at radius 3 is 2.53 bits per heavy atom. The third kappa shape index (κ3) is 4.78. The van der Waals surface area contributed by atoms with Crippen molar-refractivity contribution in [1.82, 2.24) is 10.2 Å². The molecule has 1 aliphatic carbocycles. The fourth-order valence-electron chi connectivity index (χ4n) is 5.53. The summed E-state index contributed by atoms with van der Waals surface area (Å²) in [5.74, 6) is -2.82. The minimum atomic E-state index is -0.839. The van der Waals surface area contributed by atoms with Crippen LogP contribution in [-0.4, -0.2) is 48.4 Å². The quantitative estimate of drug-likeness (QED) is 0.491. The van der Waals surface area contributed by atoms with E-state index in [0.29, 0.717) is 36.9 Å². The number of carbonyl (C=O) groups excluding carboxylic acids is 3. The second-order valence-electron chi connectivity index (χ2n) is 10.6. The highest BCUT2D eigenvalue weighted by molar-refractivity contribution is 6.30. The van der Waals surface area contributed by atoms with Crippen molar-refractivity contribution in [2.45, 2.75) is 50.1 Å². The Balaban J connectivity index is 1.40. The molecule has 202 valence electrons. The van der Waals surface area contributed by atoms with E-state index in [2.05, 4.69) is 5.32 Å². The number of ether oxygens (including phenoxy) is 1. The number of nitrogens with two attached hydrogens (primary N) is 1. The van der Waals surface area contributed by atoms with E-state index in [1.807, 2.05) is 6.92 Å². The molecule has 0 bridgehead atoms. The smallest absolute Gasteiger partial charge is 0.254 e. The van der Waals surface area contributed by atoms with E-state index in [0.717, 1.165) is 18.6 Å². The Morgan fingerprint density at radius 1 is 1.18 bits per heavy atom. The molecule has 2 aromatic rings. The zero-order valence-corrected chi connectivity index (χ0v) is 21.8. The van der Waals surface area contributed by atoms with Gasteiger partial charge in [0.25, 0.3) is 5.91 Å². The Bertz CT molecular complexity index is 1280. The predicted molar refractivity (Wildman–Crippen MR) is 136 cm³/mol. The minimum Gasteiger partial charge on any atom is -0.381 e. The van der Waals surface area contributed by atoms with Crippen molar-refractivity contribution in [1.29, 1.82) is 0 Å². The largest absolute Gasteiger partial charge is 0.381 e. The molecule has 0 spiro atoms. The van der Waals surface area contributed by atoms with Crippen LogP contribution < -0.4 is 11.1 Å². The minimum absolute atomic E-state index is 0.00894. The molecule has 3 N–H and O–H groups in total. The van der Waals surface area contributed by atoms with E-state index >= 15 is 0 Å². The van der Waals surface area contributed by atoms with Crippen molar-refractivity contribution >= 4 is 29.3 Å². The number of halogens is 3. The number of hydrogen-bond donors (Lipinski definition) is 2. The van der Waals surface area contributed by atoms with Crippen molar-refractivity contribution in [3.63, 3.8) is 0 Å². The van der Waals surface area contributed by atoms with E-state index in [9.17, 15) is 23.2 Å². The maximum atomic E-state index is 14.8. The van der Waals surface area contributed by atoms with E-state index in [1.165, 1.54) is 0 Å². The van der Waals surface area contributed by atoms with Crippen LogP contribution in [0.15, 0.2) is 36.4 Å². The van der Waals surface area contributed by atoms with Crippen LogP contribution in [0.5, 0.6) is 0 Å². The first-order chi connectivity index (χ1) is 18.1. The fourth-order valence-corrected chi connectivity index (χ4v) is 5.68. The third-order valence-corrected chi connectivity index (χ3v) is 8.51. The molecule has 38 heavy (non-hydrogen) atoms. The number of nitrogens with one attached hydrogen (secondary N) is 1. The standard InChI is InChI=1S/C28H30ClF2N3O4/c1-2-15-8-23(25(35)33-24(17-13-38-14-17)19-10-22(31)20(29)11-21(19)30)34(12-15)26(36)16-4-3-5-18(9-16)28(6-7-28)27(32)37/h3-5,9-11,15,17,23-24H,2,6-8,12-14H2,1H3,(H2,32,37)(H,33,35)/t15-,23-,24?/m1/s1. The lowest BCUT2D eigenvalue weighted by Crippen LogP contribution is -2.50. The number of amides is 3. The van der Waals surface area contributed by atoms with Crippen LogP contribution in [0.3, 0.4) is 0 Å². The Morgan fingerprint density at radius 2 is 1.92 bits per heavy atom. The second kappa shape index (κ2) is 10.3. The van der Waals surface area contributed by atoms with E-state index in [1.54, 1.807) is 29.2 Å². The van der Waals surface area contributed by atoms with Crippen LogP contribution in [0.4, 0.5) is 8.78 Å². The van der Waals surface area contributed by atoms with Gasteiger partial charge in [-0.05, 0) is 55.0 Å². The molecule has 2 heterocycles. The molecular weight excluding hydrogens is 516 g/mol. The number of hydrogen-bond acceptors (Lipinski definition) is 4. The second-order valence-corrected chi connectivity index (χ2v) is 11.0. The Kier molecular flexibility index (Phi) is 7.17. The molecule has 10 heteroatoms. The molecular formula is C28H30ClF2N3O4. The number of likely N-dealkylation sites (tertiary alicyclic amines) is 1. The molecule has 2 aliphatic heterocycles. The van der Waals surface area contributed by atoms with E-state index in [4.69, 9.17) is 22.1 Å². The summed E-state index contributed by atoms with van der Waals surface area (Å²) in [4.78, 5) is 40.9. The van der Waals surface area contributed by atoms with Crippen LogP contribution >= 0.6 is 11.6 Å². The van der Waals surface area contributed by atoms with Crippen LogP contribution in [0.25, 0.3) is 0 Å². The van der Waals surface area contributed by atoms with E-state index in [-0.39, 0.29) is 41.5 Å². The number of nitrogens with zero attached hydrogens (tertiary/aromatic N) is 1. The molecule has 7 nitrogen and oxygen atoms in total. The maximum Gasteiger partial charge on any atom is 0.254 e. The lowest BCUT2D eigenvalue weighted by molar-refractivity contribution is -0.128. The summed E-state index contributed by atoms with van der Waals surface area (Å²) in [5, 5.41) is 2.54. The summed E-state index contributed by atoms with van der Waals surface area (Å²) >= 11 is 5.74. The maximum absolute atomic E-state index is 14.8. The summed E-state index contributed by atoms with van der Waals surface area (Å²) in [6.07, 6.45) is 2.50. The first-order valence-corrected chi connectivity index (χ1v) is 13.3. The average molecular weight is 546 g/mol. The average Bonchev–Trinajstić information content (AvgIpc) is 3.57. The zero-order valence-electron chi connectivity index (χ0n) is 21.0. The van der Waals surface area contributed by atoms with Gasteiger partial charge in [-0.3, -0.25) is 14.4 Å². The topological polar surface area (TPSA) is 102 Å². The van der Waals surface area contributed by atoms with Crippen LogP contribution in [0, 0.1) is 23.5 Å². The van der Waals surface area contributed by atoms with Gasteiger partial charge in [-0.1, -0.05) is 37.1 Å². The van der Waals surface area contributed by atoms with Crippen LogP contribution in [-0.2, 0) is 19.7 Å².